The molecule has 1 aromatic carbocycles. The fourth-order valence-corrected chi connectivity index (χ4v) is 3.83. The number of para-hydroxylation sites is 1. The molecule has 1 aromatic heterocycles. The molecule has 3 rings (SSSR count). The first-order valence-corrected chi connectivity index (χ1v) is 7.68. The fraction of sp³-hybridized carbons (Fsp3) is 0.333. The Morgan fingerprint density at radius 3 is 2.85 bits per heavy atom. The summed E-state index contributed by atoms with van der Waals surface area (Å²) in [5, 5.41) is 10.7. The Hall–Kier alpha value is -1.07. The predicted molar refractivity (Wildman–Crippen MR) is 81.4 cm³/mol. The average molecular weight is 310 g/mol. The van der Waals surface area contributed by atoms with Gasteiger partial charge in [0.2, 0.25) is 0 Å². The van der Waals surface area contributed by atoms with Crippen LogP contribution in [0.25, 0.3) is 0 Å². The van der Waals surface area contributed by atoms with E-state index in [-0.39, 0.29) is 0 Å². The molecular weight excluding hydrogens is 294 g/mol. The third-order valence-electron chi connectivity index (χ3n) is 3.88. The summed E-state index contributed by atoms with van der Waals surface area (Å²) >= 11 is 7.35. The lowest BCUT2D eigenvalue weighted by molar-refractivity contribution is -0.0140. The summed E-state index contributed by atoms with van der Waals surface area (Å²) in [7, 11) is 0. The lowest BCUT2D eigenvalue weighted by Crippen LogP contribution is -2.45. The van der Waals surface area contributed by atoms with Crippen molar-refractivity contribution >= 4 is 22.9 Å². The summed E-state index contributed by atoms with van der Waals surface area (Å²) in [5.74, 6) is 0.882. The number of ether oxygens (including phenoxy) is 1. The third kappa shape index (κ3) is 2.33. The van der Waals surface area contributed by atoms with Crippen LogP contribution in [0.5, 0.6) is 5.75 Å². The second-order valence-electron chi connectivity index (χ2n) is 5.18. The van der Waals surface area contributed by atoms with Gasteiger partial charge in [0.25, 0.3) is 0 Å². The molecule has 0 saturated carbocycles. The monoisotopic (exact) mass is 309 g/mol. The van der Waals surface area contributed by atoms with E-state index in [0.717, 1.165) is 16.2 Å². The first kappa shape index (κ1) is 13.9. The molecule has 20 heavy (non-hydrogen) atoms. The van der Waals surface area contributed by atoms with Crippen molar-refractivity contribution in [3.8, 4) is 5.75 Å². The van der Waals surface area contributed by atoms with Crippen molar-refractivity contribution in [1.29, 1.82) is 0 Å². The molecule has 2 atom stereocenters. The summed E-state index contributed by atoms with van der Waals surface area (Å²) < 4.78 is 6.48. The summed E-state index contributed by atoms with van der Waals surface area (Å²) in [4.78, 5) is 0.837. The maximum absolute atomic E-state index is 10.7. The Morgan fingerprint density at radius 2 is 2.15 bits per heavy atom. The second-order valence-corrected chi connectivity index (χ2v) is 6.93. The van der Waals surface area contributed by atoms with Crippen LogP contribution in [0.1, 0.15) is 16.5 Å². The Labute approximate surface area is 126 Å². The molecule has 3 N–H and O–H groups in total. The van der Waals surface area contributed by atoms with E-state index in [2.05, 4.69) is 0 Å². The van der Waals surface area contributed by atoms with Crippen LogP contribution in [0.3, 0.4) is 0 Å². The van der Waals surface area contributed by atoms with Gasteiger partial charge in [-0.25, -0.2) is 0 Å². The normalized spacial score (nSPS) is 22.9. The highest BCUT2D eigenvalue weighted by Crippen LogP contribution is 2.44. The topological polar surface area (TPSA) is 55.5 Å². The van der Waals surface area contributed by atoms with Crippen molar-refractivity contribution in [2.75, 3.05) is 13.2 Å². The summed E-state index contributed by atoms with van der Waals surface area (Å²) in [6.07, 6.45) is 0.0365. The number of benzene rings is 1. The molecule has 2 heterocycles. The Morgan fingerprint density at radius 1 is 1.35 bits per heavy atom. The van der Waals surface area contributed by atoms with Crippen molar-refractivity contribution < 1.29 is 9.84 Å². The highest BCUT2D eigenvalue weighted by atomic mass is 35.5. The number of fused-ring (bicyclic) bond motifs is 1. The lowest BCUT2D eigenvalue weighted by atomic mass is 9.75. The fourth-order valence-electron chi connectivity index (χ4n) is 2.64. The van der Waals surface area contributed by atoms with E-state index in [1.807, 2.05) is 30.3 Å². The zero-order valence-corrected chi connectivity index (χ0v) is 12.5. The van der Waals surface area contributed by atoms with Crippen LogP contribution in [0.2, 0.25) is 4.34 Å². The van der Waals surface area contributed by atoms with Gasteiger partial charge in [0.05, 0.1) is 22.5 Å². The highest BCUT2D eigenvalue weighted by Gasteiger charge is 2.42. The van der Waals surface area contributed by atoms with E-state index < -0.39 is 11.5 Å². The van der Waals surface area contributed by atoms with Gasteiger partial charge in [0, 0.05) is 11.4 Å². The number of rotatable bonds is 3. The van der Waals surface area contributed by atoms with Crippen molar-refractivity contribution in [2.24, 2.45) is 11.1 Å². The molecule has 1 aliphatic heterocycles. The first-order chi connectivity index (χ1) is 9.64. The smallest absolute Gasteiger partial charge is 0.122 e. The zero-order valence-electron chi connectivity index (χ0n) is 10.9. The van der Waals surface area contributed by atoms with E-state index >= 15 is 0 Å². The molecular formula is C15H16ClNO2S. The molecule has 0 spiro atoms. The molecule has 0 aliphatic carbocycles. The third-order valence-corrected chi connectivity index (χ3v) is 5.16. The molecule has 0 bridgehead atoms. The minimum Gasteiger partial charge on any atom is -0.493 e. The number of aliphatic hydroxyl groups is 1. The lowest BCUT2D eigenvalue weighted by Gasteiger charge is -2.40. The number of nitrogens with two attached hydrogens (primary N) is 1. The van der Waals surface area contributed by atoms with Crippen LogP contribution in [-0.2, 0) is 6.42 Å². The molecule has 5 heteroatoms. The molecule has 2 aromatic rings. The van der Waals surface area contributed by atoms with Gasteiger partial charge in [-0.15, -0.1) is 11.3 Å². The van der Waals surface area contributed by atoms with Crippen molar-refractivity contribution in [2.45, 2.75) is 12.5 Å². The Balaban J connectivity index is 1.93. The molecule has 2 unspecified atom stereocenters. The molecule has 0 radical (unpaired) electrons. The van der Waals surface area contributed by atoms with E-state index in [1.54, 1.807) is 6.07 Å². The van der Waals surface area contributed by atoms with Crippen LogP contribution in [0.15, 0.2) is 36.4 Å². The van der Waals surface area contributed by atoms with E-state index in [1.165, 1.54) is 11.3 Å². The second kappa shape index (κ2) is 5.37. The Kier molecular flexibility index (Phi) is 3.73. The number of hydrogen-bond donors (Lipinski definition) is 2. The van der Waals surface area contributed by atoms with E-state index in [0.29, 0.717) is 23.9 Å². The van der Waals surface area contributed by atoms with Gasteiger partial charge in [-0.3, -0.25) is 0 Å². The molecule has 106 valence electrons. The van der Waals surface area contributed by atoms with Crippen LogP contribution in [-0.4, -0.2) is 18.3 Å². The quantitative estimate of drug-likeness (QED) is 0.916. The molecule has 3 nitrogen and oxygen atoms in total. The SMILES string of the molecule is NCC1(C(O)c2ccc(Cl)s2)COc2ccccc2C1. The average Bonchev–Trinajstić information content (AvgIpc) is 2.92. The Bertz CT molecular complexity index is 615. The van der Waals surface area contributed by atoms with Crippen LogP contribution in [0.4, 0.5) is 0 Å². The van der Waals surface area contributed by atoms with Crippen LogP contribution >= 0.6 is 22.9 Å². The highest BCUT2D eigenvalue weighted by molar-refractivity contribution is 7.16. The molecule has 0 saturated heterocycles. The number of aliphatic hydroxyl groups excluding tert-OH is 1. The van der Waals surface area contributed by atoms with Crippen molar-refractivity contribution in [1.82, 2.24) is 0 Å². The molecule has 1 aliphatic rings. The number of halogens is 1. The predicted octanol–water partition coefficient (Wildman–Crippen LogP) is 3.02. The maximum Gasteiger partial charge on any atom is 0.122 e. The van der Waals surface area contributed by atoms with E-state index in [9.17, 15) is 5.11 Å². The summed E-state index contributed by atoms with van der Waals surface area (Å²) in [5.41, 5.74) is 6.56. The standard InChI is InChI=1S/C15H16ClNO2S/c16-13-6-5-12(20-13)14(18)15(8-17)7-10-3-1-2-4-11(10)19-9-15/h1-6,14,18H,7-9,17H2. The van der Waals surface area contributed by atoms with Gasteiger partial charge in [-0.2, -0.15) is 0 Å². The number of thiophene rings is 1. The van der Waals surface area contributed by atoms with Crippen LogP contribution in [0, 0.1) is 5.41 Å². The summed E-state index contributed by atoms with van der Waals surface area (Å²) in [6, 6.07) is 11.5. The summed E-state index contributed by atoms with van der Waals surface area (Å²) in [6.45, 7) is 0.773. The van der Waals surface area contributed by atoms with Crippen LogP contribution < -0.4 is 10.5 Å². The van der Waals surface area contributed by atoms with Gasteiger partial charge in [-0.05, 0) is 30.2 Å². The first-order valence-electron chi connectivity index (χ1n) is 6.49. The van der Waals surface area contributed by atoms with Gasteiger partial charge in [0.15, 0.2) is 0 Å². The number of hydrogen-bond acceptors (Lipinski definition) is 4. The van der Waals surface area contributed by atoms with Crippen molar-refractivity contribution in [3.05, 3.63) is 51.2 Å². The molecule has 0 amide bonds. The van der Waals surface area contributed by atoms with E-state index in [4.69, 9.17) is 22.1 Å². The van der Waals surface area contributed by atoms with Crippen molar-refractivity contribution in [3.63, 3.8) is 0 Å². The minimum absolute atomic E-state index is 0.359. The zero-order chi connectivity index (χ0) is 14.2. The van der Waals surface area contributed by atoms with Gasteiger partial charge in [-0.1, -0.05) is 29.8 Å². The van der Waals surface area contributed by atoms with Gasteiger partial charge < -0.3 is 15.6 Å². The maximum atomic E-state index is 10.7. The van der Waals surface area contributed by atoms with Gasteiger partial charge >= 0.3 is 0 Å². The van der Waals surface area contributed by atoms with Gasteiger partial charge in [0.1, 0.15) is 5.75 Å². The molecule has 0 fully saturated rings. The minimum atomic E-state index is -0.668. The largest absolute Gasteiger partial charge is 0.493 e.